The zero-order valence-corrected chi connectivity index (χ0v) is 12.8. The molecular formula is C16H20N2O2S. The van der Waals surface area contributed by atoms with Crippen LogP contribution in [0.4, 0.5) is 5.69 Å². The molecule has 1 fully saturated rings. The molecule has 2 N–H and O–H groups in total. The molecule has 1 aliphatic carbocycles. The van der Waals surface area contributed by atoms with Gasteiger partial charge in [-0.1, -0.05) is 18.9 Å². The minimum atomic E-state index is 0.0548. The Labute approximate surface area is 129 Å². The van der Waals surface area contributed by atoms with Gasteiger partial charge in [0.25, 0.3) is 0 Å². The van der Waals surface area contributed by atoms with E-state index in [1.165, 1.54) is 12.8 Å². The van der Waals surface area contributed by atoms with Gasteiger partial charge in [-0.05, 0) is 37.0 Å². The van der Waals surface area contributed by atoms with Crippen molar-refractivity contribution in [3.05, 3.63) is 23.8 Å². The highest BCUT2D eigenvalue weighted by atomic mass is 32.2. The summed E-state index contributed by atoms with van der Waals surface area (Å²) in [5.41, 5.74) is 2.04. The first kappa shape index (κ1) is 14.4. The molecule has 0 atom stereocenters. The summed E-state index contributed by atoms with van der Waals surface area (Å²) in [6.45, 7) is 0.662. The highest BCUT2D eigenvalue weighted by Gasteiger charge is 2.22. The molecule has 112 valence electrons. The van der Waals surface area contributed by atoms with E-state index in [2.05, 4.69) is 16.7 Å². The number of thioether (sulfide) groups is 1. The number of carbonyl (C=O) groups is 2. The number of carbonyl (C=O) groups excluding carboxylic acids is 2. The molecule has 0 unspecified atom stereocenters. The quantitative estimate of drug-likeness (QED) is 0.899. The Morgan fingerprint density at radius 1 is 1.33 bits per heavy atom. The molecule has 1 aromatic carbocycles. The Kier molecular flexibility index (Phi) is 4.48. The molecule has 2 amide bonds. The lowest BCUT2D eigenvalue weighted by Crippen LogP contribution is -2.31. The molecule has 1 saturated carbocycles. The average Bonchev–Trinajstić information content (AvgIpc) is 3.01. The third-order valence-electron chi connectivity index (χ3n) is 4.12. The molecular weight excluding hydrogens is 284 g/mol. The largest absolute Gasteiger partial charge is 0.356 e. The van der Waals surface area contributed by atoms with E-state index in [4.69, 9.17) is 0 Å². The van der Waals surface area contributed by atoms with E-state index in [1.807, 2.05) is 12.1 Å². The molecule has 0 aromatic heterocycles. The van der Waals surface area contributed by atoms with Crippen molar-refractivity contribution < 1.29 is 9.59 Å². The van der Waals surface area contributed by atoms with Gasteiger partial charge in [-0.3, -0.25) is 9.59 Å². The van der Waals surface area contributed by atoms with Crippen LogP contribution in [0.3, 0.4) is 0 Å². The van der Waals surface area contributed by atoms with E-state index in [1.54, 1.807) is 11.8 Å². The topological polar surface area (TPSA) is 58.2 Å². The van der Waals surface area contributed by atoms with E-state index in [0.29, 0.717) is 12.3 Å². The van der Waals surface area contributed by atoms with Crippen molar-refractivity contribution >= 4 is 29.3 Å². The lowest BCUT2D eigenvalue weighted by Gasteiger charge is -2.17. The minimum Gasteiger partial charge on any atom is -0.356 e. The van der Waals surface area contributed by atoms with Crippen molar-refractivity contribution in [2.24, 2.45) is 5.92 Å². The average molecular weight is 304 g/mol. The zero-order valence-electron chi connectivity index (χ0n) is 12.0. The normalized spacial score (nSPS) is 18.2. The summed E-state index contributed by atoms with van der Waals surface area (Å²) < 4.78 is 0. The van der Waals surface area contributed by atoms with Crippen molar-refractivity contribution in [1.82, 2.24) is 5.32 Å². The van der Waals surface area contributed by atoms with Crippen molar-refractivity contribution in [2.75, 3.05) is 17.6 Å². The molecule has 0 bridgehead atoms. The molecule has 4 nitrogen and oxygen atoms in total. The van der Waals surface area contributed by atoms with Gasteiger partial charge >= 0.3 is 0 Å². The number of amides is 2. The lowest BCUT2D eigenvalue weighted by molar-refractivity contribution is -0.124. The molecule has 1 aliphatic heterocycles. The van der Waals surface area contributed by atoms with Crippen LogP contribution in [0.5, 0.6) is 0 Å². The number of nitrogens with one attached hydrogen (secondary N) is 2. The third-order valence-corrected chi connectivity index (χ3v) is 5.19. The van der Waals surface area contributed by atoms with Crippen LogP contribution in [-0.4, -0.2) is 24.1 Å². The van der Waals surface area contributed by atoms with E-state index in [-0.39, 0.29) is 17.7 Å². The maximum Gasteiger partial charge on any atom is 0.234 e. The Hall–Kier alpha value is -1.49. The van der Waals surface area contributed by atoms with Crippen molar-refractivity contribution in [1.29, 1.82) is 0 Å². The van der Waals surface area contributed by atoms with Gasteiger partial charge < -0.3 is 10.6 Å². The highest BCUT2D eigenvalue weighted by molar-refractivity contribution is 8.00. The summed E-state index contributed by atoms with van der Waals surface area (Å²) in [6.07, 6.45) is 5.23. The third kappa shape index (κ3) is 3.59. The first-order valence-corrected chi connectivity index (χ1v) is 8.54. The predicted octanol–water partition coefficient (Wildman–Crippen LogP) is 2.58. The lowest BCUT2D eigenvalue weighted by atomic mass is 10.1. The summed E-state index contributed by atoms with van der Waals surface area (Å²) >= 11 is 1.57. The smallest absolute Gasteiger partial charge is 0.234 e. The Morgan fingerprint density at radius 3 is 2.95 bits per heavy atom. The van der Waals surface area contributed by atoms with Gasteiger partial charge in [0.1, 0.15) is 0 Å². The Balaban J connectivity index is 1.52. The fraction of sp³-hybridized carbons (Fsp3) is 0.500. The summed E-state index contributed by atoms with van der Waals surface area (Å²) in [5, 5.41) is 5.93. The van der Waals surface area contributed by atoms with Crippen LogP contribution in [0.1, 0.15) is 31.2 Å². The number of benzene rings is 1. The van der Waals surface area contributed by atoms with Gasteiger partial charge in [0.05, 0.1) is 11.4 Å². The second kappa shape index (κ2) is 6.52. The second-order valence-electron chi connectivity index (χ2n) is 5.69. The number of hydrogen-bond donors (Lipinski definition) is 2. The SMILES string of the molecule is O=C1CSc2ccc(CCNC(=O)C3CCCC3)cc2N1. The van der Waals surface area contributed by atoms with Gasteiger partial charge in [-0.15, -0.1) is 11.8 Å². The standard InChI is InChI=1S/C16H20N2O2S/c19-15-10-21-14-6-5-11(9-13(14)18-15)7-8-17-16(20)12-3-1-2-4-12/h5-6,9,12H,1-4,7-8,10H2,(H,17,20)(H,18,19). The molecule has 21 heavy (non-hydrogen) atoms. The van der Waals surface area contributed by atoms with Crippen LogP contribution in [0.2, 0.25) is 0 Å². The monoisotopic (exact) mass is 304 g/mol. The fourth-order valence-electron chi connectivity index (χ4n) is 2.95. The van der Waals surface area contributed by atoms with E-state index in [9.17, 15) is 9.59 Å². The van der Waals surface area contributed by atoms with Crippen LogP contribution >= 0.6 is 11.8 Å². The highest BCUT2D eigenvalue weighted by Crippen LogP contribution is 2.32. The molecule has 5 heteroatoms. The number of rotatable bonds is 4. The zero-order chi connectivity index (χ0) is 14.7. The van der Waals surface area contributed by atoms with Crippen LogP contribution < -0.4 is 10.6 Å². The molecule has 0 saturated heterocycles. The Bertz CT molecular complexity index is 553. The molecule has 2 aliphatic rings. The van der Waals surface area contributed by atoms with Gasteiger partial charge in [-0.2, -0.15) is 0 Å². The van der Waals surface area contributed by atoms with Crippen LogP contribution in [0.15, 0.2) is 23.1 Å². The van der Waals surface area contributed by atoms with Gasteiger partial charge in [-0.25, -0.2) is 0 Å². The summed E-state index contributed by atoms with van der Waals surface area (Å²) in [7, 11) is 0. The molecule has 0 radical (unpaired) electrons. The number of anilines is 1. The predicted molar refractivity (Wildman–Crippen MR) is 84.5 cm³/mol. The molecule has 1 aromatic rings. The van der Waals surface area contributed by atoms with E-state index in [0.717, 1.165) is 35.4 Å². The van der Waals surface area contributed by atoms with Gasteiger partial charge in [0.2, 0.25) is 11.8 Å². The molecule has 3 rings (SSSR count). The van der Waals surface area contributed by atoms with Crippen LogP contribution in [0, 0.1) is 5.92 Å². The molecule has 0 spiro atoms. The van der Waals surface area contributed by atoms with E-state index < -0.39 is 0 Å². The van der Waals surface area contributed by atoms with Crippen molar-refractivity contribution in [2.45, 2.75) is 37.0 Å². The summed E-state index contributed by atoms with van der Waals surface area (Å²) in [5.74, 6) is 0.974. The van der Waals surface area contributed by atoms with Gasteiger partial charge in [0, 0.05) is 17.4 Å². The van der Waals surface area contributed by atoms with Gasteiger partial charge in [0.15, 0.2) is 0 Å². The first-order chi connectivity index (χ1) is 10.2. The number of hydrogen-bond acceptors (Lipinski definition) is 3. The van der Waals surface area contributed by atoms with Crippen molar-refractivity contribution in [3.63, 3.8) is 0 Å². The second-order valence-corrected chi connectivity index (χ2v) is 6.71. The minimum absolute atomic E-state index is 0.0548. The fourth-order valence-corrected chi connectivity index (χ4v) is 3.74. The Morgan fingerprint density at radius 2 is 2.14 bits per heavy atom. The summed E-state index contributed by atoms with van der Waals surface area (Å²) in [4.78, 5) is 24.5. The van der Waals surface area contributed by atoms with E-state index >= 15 is 0 Å². The van der Waals surface area contributed by atoms with Crippen molar-refractivity contribution in [3.8, 4) is 0 Å². The van der Waals surface area contributed by atoms with Crippen LogP contribution in [-0.2, 0) is 16.0 Å². The summed E-state index contributed by atoms with van der Waals surface area (Å²) in [6, 6.07) is 6.14. The number of fused-ring (bicyclic) bond motifs is 1. The maximum atomic E-state index is 11.9. The van der Waals surface area contributed by atoms with Crippen LogP contribution in [0.25, 0.3) is 0 Å². The first-order valence-electron chi connectivity index (χ1n) is 7.55. The maximum absolute atomic E-state index is 11.9. The molecule has 1 heterocycles.